The van der Waals surface area contributed by atoms with E-state index in [1.54, 1.807) is 48.5 Å². The van der Waals surface area contributed by atoms with E-state index >= 15 is 0 Å². The molecule has 0 saturated carbocycles. The summed E-state index contributed by atoms with van der Waals surface area (Å²) in [5.41, 5.74) is 0.675. The molecule has 7 nitrogen and oxygen atoms in total. The van der Waals surface area contributed by atoms with E-state index in [4.69, 9.17) is 27.9 Å². The van der Waals surface area contributed by atoms with Crippen molar-refractivity contribution in [1.82, 2.24) is 14.7 Å². The molecule has 1 heterocycles. The van der Waals surface area contributed by atoms with Gasteiger partial charge in [0, 0.05) is 16.6 Å². The van der Waals surface area contributed by atoms with Gasteiger partial charge in [0.15, 0.2) is 12.4 Å². The Hall–Kier alpha value is -3.03. The first-order valence-corrected chi connectivity index (χ1v) is 11.8. The summed E-state index contributed by atoms with van der Waals surface area (Å²) in [5, 5.41) is 4.16. The van der Waals surface area contributed by atoms with Crippen molar-refractivity contribution in [1.29, 1.82) is 0 Å². The molecule has 0 saturated heterocycles. The number of aromatic amines is 1. The largest absolute Gasteiger partial charge is 0.484 e. The van der Waals surface area contributed by atoms with E-state index in [9.17, 15) is 14.4 Å². The van der Waals surface area contributed by atoms with Crippen LogP contribution in [0.15, 0.2) is 53.3 Å². The third-order valence-corrected chi connectivity index (χ3v) is 5.72. The number of carbonyl (C=O) groups excluding carboxylic acids is 2. The number of ether oxygens (including phenoxy) is 1. The summed E-state index contributed by atoms with van der Waals surface area (Å²) < 4.78 is 6.88. The number of hydrogen-bond donors (Lipinski definition) is 1. The first kappa shape index (κ1) is 25.6. The Balaban J connectivity index is 1.82. The average Bonchev–Trinajstić information content (AvgIpc) is 3.16. The highest BCUT2D eigenvalue weighted by molar-refractivity contribution is 6.30. The molecule has 0 spiro atoms. The maximum atomic E-state index is 13.3. The van der Waals surface area contributed by atoms with E-state index in [2.05, 4.69) is 5.10 Å². The molecule has 1 amide bonds. The van der Waals surface area contributed by atoms with E-state index < -0.39 is 11.3 Å². The van der Waals surface area contributed by atoms with E-state index in [0.717, 1.165) is 0 Å². The zero-order valence-corrected chi connectivity index (χ0v) is 20.8. The van der Waals surface area contributed by atoms with E-state index in [0.29, 0.717) is 40.1 Å². The number of ketones is 1. The van der Waals surface area contributed by atoms with Gasteiger partial charge in [-0.3, -0.25) is 19.5 Å². The number of Topliss-reactive ketones (excluding diaryl/α,β-unsaturated/α-hetero) is 1. The summed E-state index contributed by atoms with van der Waals surface area (Å²) in [7, 11) is 0. The number of nitrogens with one attached hydrogen (secondary N) is 1. The maximum Gasteiger partial charge on any atom is 0.282 e. The molecule has 2 aromatic carbocycles. The predicted octanol–water partition coefficient (Wildman–Crippen LogP) is 5.10. The lowest BCUT2D eigenvalue weighted by atomic mass is 10.0. The molecule has 3 aromatic rings. The number of rotatable bonds is 10. The Bertz CT molecular complexity index is 1200. The molecule has 0 bridgehead atoms. The number of carbonyl (C=O) groups is 2. The quantitative estimate of drug-likeness (QED) is 0.390. The topological polar surface area (TPSA) is 84.4 Å². The number of H-pyrrole nitrogens is 1. The zero-order valence-electron chi connectivity index (χ0n) is 19.3. The monoisotopic (exact) mass is 503 g/mol. The SMILES string of the molecule is CCCN(CC(=O)c1c(C(C)C)[nH]n(-c2ccc(Cl)cc2)c1=O)C(=O)COc1ccc(Cl)cc1. The fourth-order valence-corrected chi connectivity index (χ4v) is 3.75. The summed E-state index contributed by atoms with van der Waals surface area (Å²) in [5.74, 6) is -0.376. The molecule has 180 valence electrons. The molecule has 0 fully saturated rings. The second-order valence-electron chi connectivity index (χ2n) is 8.15. The first-order chi connectivity index (χ1) is 16.2. The molecular formula is C25H27Cl2N3O4. The molecule has 1 aromatic heterocycles. The zero-order chi connectivity index (χ0) is 24.8. The Morgan fingerprint density at radius 1 is 1.03 bits per heavy atom. The van der Waals surface area contributed by atoms with Gasteiger partial charge in [0.2, 0.25) is 0 Å². The average molecular weight is 504 g/mol. The van der Waals surface area contributed by atoms with E-state index in [1.165, 1.54) is 9.58 Å². The number of nitrogens with zero attached hydrogens (tertiary/aromatic N) is 2. The number of halogens is 2. The van der Waals surface area contributed by atoms with Gasteiger partial charge in [-0.05, 0) is 60.9 Å². The fourth-order valence-electron chi connectivity index (χ4n) is 3.49. The van der Waals surface area contributed by atoms with E-state index in [-0.39, 0.29) is 30.5 Å². The van der Waals surface area contributed by atoms with Crippen LogP contribution in [0.2, 0.25) is 10.0 Å². The van der Waals surface area contributed by atoms with Crippen LogP contribution in [0.1, 0.15) is 49.2 Å². The highest BCUT2D eigenvalue weighted by atomic mass is 35.5. The van der Waals surface area contributed by atoms with Crippen LogP contribution in [0.4, 0.5) is 0 Å². The van der Waals surface area contributed by atoms with Gasteiger partial charge in [-0.15, -0.1) is 0 Å². The molecule has 1 N–H and O–H groups in total. The van der Waals surface area contributed by atoms with E-state index in [1.807, 2.05) is 20.8 Å². The third kappa shape index (κ3) is 6.10. The van der Waals surface area contributed by atoms with Gasteiger partial charge in [0.1, 0.15) is 11.3 Å². The van der Waals surface area contributed by atoms with Crippen molar-refractivity contribution >= 4 is 34.9 Å². The van der Waals surface area contributed by atoms with Gasteiger partial charge in [-0.1, -0.05) is 44.0 Å². The number of amides is 1. The van der Waals surface area contributed by atoms with Crippen LogP contribution in [0.25, 0.3) is 5.69 Å². The minimum Gasteiger partial charge on any atom is -0.484 e. The molecule has 0 aliphatic carbocycles. The Labute approximate surface area is 208 Å². The summed E-state index contributed by atoms with van der Waals surface area (Å²) in [6.45, 7) is 5.61. The lowest BCUT2D eigenvalue weighted by Crippen LogP contribution is -2.40. The highest BCUT2D eigenvalue weighted by Gasteiger charge is 2.26. The standard InChI is InChI=1S/C25H27Cl2N3O4/c1-4-13-29(22(32)15-34-20-11-7-18(27)8-12-20)14-21(31)23-24(16(2)3)28-30(25(23)33)19-9-5-17(26)6-10-19/h5-12,16,28H,4,13-15H2,1-3H3. The second kappa shape index (κ2) is 11.4. The van der Waals surface area contributed by atoms with Crippen LogP contribution in [-0.2, 0) is 4.79 Å². The van der Waals surface area contributed by atoms with Gasteiger partial charge in [0.25, 0.3) is 11.5 Å². The highest BCUT2D eigenvalue weighted by Crippen LogP contribution is 2.19. The van der Waals surface area contributed by atoms with Crippen molar-refractivity contribution in [3.63, 3.8) is 0 Å². The van der Waals surface area contributed by atoms with Gasteiger partial charge in [0.05, 0.1) is 17.9 Å². The fraction of sp³-hybridized carbons (Fsp3) is 0.320. The van der Waals surface area contributed by atoms with Crippen molar-refractivity contribution in [3.8, 4) is 11.4 Å². The molecule has 0 radical (unpaired) electrons. The number of hydrogen-bond acceptors (Lipinski definition) is 4. The summed E-state index contributed by atoms with van der Waals surface area (Å²) >= 11 is 11.8. The Morgan fingerprint density at radius 3 is 2.18 bits per heavy atom. The second-order valence-corrected chi connectivity index (χ2v) is 9.03. The smallest absolute Gasteiger partial charge is 0.282 e. The van der Waals surface area contributed by atoms with Gasteiger partial charge < -0.3 is 9.64 Å². The van der Waals surface area contributed by atoms with Crippen LogP contribution in [-0.4, -0.2) is 46.1 Å². The molecule has 34 heavy (non-hydrogen) atoms. The van der Waals surface area contributed by atoms with Crippen molar-refractivity contribution in [3.05, 3.63) is 80.2 Å². The Kier molecular flexibility index (Phi) is 8.58. The molecule has 0 atom stereocenters. The van der Waals surface area contributed by atoms with Crippen molar-refractivity contribution in [2.24, 2.45) is 0 Å². The Morgan fingerprint density at radius 2 is 1.62 bits per heavy atom. The lowest BCUT2D eigenvalue weighted by Gasteiger charge is -2.21. The van der Waals surface area contributed by atoms with Crippen LogP contribution in [0.5, 0.6) is 5.75 Å². The third-order valence-electron chi connectivity index (χ3n) is 5.22. The first-order valence-electron chi connectivity index (χ1n) is 11.0. The van der Waals surface area contributed by atoms with Gasteiger partial charge >= 0.3 is 0 Å². The van der Waals surface area contributed by atoms with Crippen LogP contribution in [0, 0.1) is 0 Å². The number of aromatic nitrogens is 2. The summed E-state index contributed by atoms with van der Waals surface area (Å²) in [6, 6.07) is 13.4. The van der Waals surface area contributed by atoms with Crippen molar-refractivity contribution in [2.45, 2.75) is 33.1 Å². The summed E-state index contributed by atoms with van der Waals surface area (Å²) in [6.07, 6.45) is 0.652. The summed E-state index contributed by atoms with van der Waals surface area (Å²) in [4.78, 5) is 40.7. The molecule has 9 heteroatoms. The van der Waals surface area contributed by atoms with Gasteiger partial charge in [-0.25, -0.2) is 4.68 Å². The lowest BCUT2D eigenvalue weighted by molar-refractivity contribution is -0.132. The van der Waals surface area contributed by atoms with Crippen LogP contribution >= 0.6 is 23.2 Å². The molecule has 3 rings (SSSR count). The number of benzene rings is 2. The molecular weight excluding hydrogens is 477 g/mol. The molecule has 0 aliphatic rings. The van der Waals surface area contributed by atoms with Crippen molar-refractivity contribution < 1.29 is 14.3 Å². The predicted molar refractivity (Wildman–Crippen MR) is 134 cm³/mol. The maximum absolute atomic E-state index is 13.3. The van der Waals surface area contributed by atoms with Gasteiger partial charge in [-0.2, -0.15) is 0 Å². The molecule has 0 unspecified atom stereocenters. The minimum absolute atomic E-state index is 0.0532. The van der Waals surface area contributed by atoms with Crippen molar-refractivity contribution in [2.75, 3.05) is 19.7 Å². The van der Waals surface area contributed by atoms with Crippen LogP contribution in [0.3, 0.4) is 0 Å². The van der Waals surface area contributed by atoms with Crippen LogP contribution < -0.4 is 10.3 Å². The molecule has 0 aliphatic heterocycles. The normalized spacial score (nSPS) is 11.0. The minimum atomic E-state index is -0.461.